The minimum absolute atomic E-state index is 0. The topological polar surface area (TPSA) is 59.6 Å². The predicted molar refractivity (Wildman–Crippen MR) is 85.7 cm³/mol. The van der Waals surface area contributed by atoms with Gasteiger partial charge in [-0.2, -0.15) is 0 Å². The number of anilines is 1. The van der Waals surface area contributed by atoms with Gasteiger partial charge >= 0.3 is 0 Å². The molecule has 6 heteroatoms. The van der Waals surface area contributed by atoms with Crippen LogP contribution in [-0.2, 0) is 4.79 Å². The molecule has 1 aromatic carbocycles. The summed E-state index contributed by atoms with van der Waals surface area (Å²) in [4.78, 5) is 12.0. The van der Waals surface area contributed by atoms with Crippen LogP contribution in [0.3, 0.4) is 0 Å². The molecule has 1 aliphatic rings. The highest BCUT2D eigenvalue weighted by Crippen LogP contribution is 2.30. The third kappa shape index (κ3) is 5.10. The number of benzene rings is 1. The van der Waals surface area contributed by atoms with Crippen LogP contribution in [-0.4, -0.2) is 32.2 Å². The normalized spacial score (nSPS) is 17.0. The summed E-state index contributed by atoms with van der Waals surface area (Å²) in [6.45, 7) is 3.51. The van der Waals surface area contributed by atoms with Crippen molar-refractivity contribution >= 4 is 24.0 Å². The zero-order valence-corrected chi connectivity index (χ0v) is 13.3. The van der Waals surface area contributed by atoms with Crippen molar-refractivity contribution in [2.75, 3.05) is 25.6 Å². The minimum Gasteiger partial charge on any atom is -0.493 e. The lowest BCUT2D eigenvalue weighted by atomic mass is 10.1. The quantitative estimate of drug-likeness (QED) is 0.847. The van der Waals surface area contributed by atoms with Gasteiger partial charge in [0.2, 0.25) is 5.91 Å². The Balaban J connectivity index is 0.00000220. The largest absolute Gasteiger partial charge is 0.493 e. The van der Waals surface area contributed by atoms with Gasteiger partial charge in [0, 0.05) is 24.2 Å². The first-order valence-corrected chi connectivity index (χ1v) is 7.07. The van der Waals surface area contributed by atoms with Crippen LogP contribution in [0.15, 0.2) is 18.2 Å². The van der Waals surface area contributed by atoms with Crippen LogP contribution in [0.5, 0.6) is 11.5 Å². The second-order valence-corrected chi connectivity index (χ2v) is 4.84. The first-order chi connectivity index (χ1) is 9.72. The highest BCUT2D eigenvalue weighted by atomic mass is 35.5. The van der Waals surface area contributed by atoms with Crippen LogP contribution in [0.4, 0.5) is 5.69 Å². The number of carbonyl (C=O) groups is 1. The molecule has 0 spiro atoms. The second-order valence-electron chi connectivity index (χ2n) is 4.84. The molecule has 2 N–H and O–H groups in total. The van der Waals surface area contributed by atoms with Crippen molar-refractivity contribution in [2.24, 2.45) is 0 Å². The molecule has 5 nitrogen and oxygen atoms in total. The van der Waals surface area contributed by atoms with Crippen LogP contribution < -0.4 is 20.1 Å². The molecule has 1 heterocycles. The second kappa shape index (κ2) is 8.74. The molecule has 0 aliphatic carbocycles. The zero-order valence-electron chi connectivity index (χ0n) is 12.5. The summed E-state index contributed by atoms with van der Waals surface area (Å²) in [5.74, 6) is 1.34. The Hall–Kier alpha value is -1.46. The van der Waals surface area contributed by atoms with E-state index in [1.165, 1.54) is 0 Å². The summed E-state index contributed by atoms with van der Waals surface area (Å²) >= 11 is 0. The van der Waals surface area contributed by atoms with E-state index in [0.29, 0.717) is 30.6 Å². The highest BCUT2D eigenvalue weighted by molar-refractivity contribution is 5.91. The van der Waals surface area contributed by atoms with E-state index in [-0.39, 0.29) is 18.3 Å². The van der Waals surface area contributed by atoms with Crippen LogP contribution in [0.25, 0.3) is 0 Å². The molecule has 118 valence electrons. The lowest BCUT2D eigenvalue weighted by Gasteiger charge is -2.13. The van der Waals surface area contributed by atoms with Crippen molar-refractivity contribution in [2.45, 2.75) is 32.2 Å². The fraction of sp³-hybridized carbons (Fsp3) is 0.533. The van der Waals surface area contributed by atoms with E-state index in [4.69, 9.17) is 9.47 Å². The molecule has 0 radical (unpaired) electrons. The van der Waals surface area contributed by atoms with Gasteiger partial charge in [-0.05, 0) is 38.4 Å². The molecule has 2 rings (SSSR count). The maximum absolute atomic E-state index is 12.0. The first kappa shape index (κ1) is 17.6. The SMILES string of the molecule is CCOc1ccc(NC(=O)CC2CCCN2)cc1OC.Cl. The number of halogens is 1. The summed E-state index contributed by atoms with van der Waals surface area (Å²) in [7, 11) is 1.59. The summed E-state index contributed by atoms with van der Waals surface area (Å²) in [6.07, 6.45) is 2.73. The Morgan fingerprint density at radius 1 is 1.43 bits per heavy atom. The van der Waals surface area contributed by atoms with Crippen molar-refractivity contribution in [3.63, 3.8) is 0 Å². The molecule has 1 amide bonds. The van der Waals surface area contributed by atoms with Gasteiger partial charge in [0.25, 0.3) is 0 Å². The van der Waals surface area contributed by atoms with Gasteiger partial charge in [0.15, 0.2) is 11.5 Å². The van der Waals surface area contributed by atoms with E-state index in [1.54, 1.807) is 13.2 Å². The van der Waals surface area contributed by atoms with Gasteiger partial charge in [-0.15, -0.1) is 12.4 Å². The number of methoxy groups -OCH3 is 1. The maximum Gasteiger partial charge on any atom is 0.225 e. The molecule has 1 saturated heterocycles. The third-order valence-corrected chi connectivity index (χ3v) is 3.34. The smallest absolute Gasteiger partial charge is 0.225 e. The van der Waals surface area contributed by atoms with E-state index < -0.39 is 0 Å². The molecule has 1 atom stereocenters. The Labute approximate surface area is 131 Å². The fourth-order valence-corrected chi connectivity index (χ4v) is 2.39. The number of rotatable bonds is 6. The van der Waals surface area contributed by atoms with E-state index in [0.717, 1.165) is 25.1 Å². The van der Waals surface area contributed by atoms with Crippen molar-refractivity contribution in [1.82, 2.24) is 5.32 Å². The first-order valence-electron chi connectivity index (χ1n) is 7.07. The number of ether oxygens (including phenoxy) is 2. The van der Waals surface area contributed by atoms with Crippen LogP contribution in [0.1, 0.15) is 26.2 Å². The molecule has 0 saturated carbocycles. The van der Waals surface area contributed by atoms with Crippen LogP contribution in [0.2, 0.25) is 0 Å². The zero-order chi connectivity index (χ0) is 14.4. The van der Waals surface area contributed by atoms with Gasteiger partial charge in [0.05, 0.1) is 13.7 Å². The number of carbonyl (C=O) groups excluding carboxylic acids is 1. The van der Waals surface area contributed by atoms with Crippen molar-refractivity contribution < 1.29 is 14.3 Å². The van der Waals surface area contributed by atoms with E-state index in [2.05, 4.69) is 10.6 Å². The van der Waals surface area contributed by atoms with Crippen LogP contribution in [0, 0.1) is 0 Å². The summed E-state index contributed by atoms with van der Waals surface area (Å²) in [6, 6.07) is 5.73. The van der Waals surface area contributed by atoms with Gasteiger partial charge in [0.1, 0.15) is 0 Å². The van der Waals surface area contributed by atoms with E-state index in [9.17, 15) is 4.79 Å². The third-order valence-electron chi connectivity index (χ3n) is 3.34. The van der Waals surface area contributed by atoms with Crippen molar-refractivity contribution in [1.29, 1.82) is 0 Å². The number of hydrogen-bond donors (Lipinski definition) is 2. The van der Waals surface area contributed by atoms with Crippen molar-refractivity contribution in [3.05, 3.63) is 18.2 Å². The van der Waals surface area contributed by atoms with Gasteiger partial charge in [-0.3, -0.25) is 4.79 Å². The monoisotopic (exact) mass is 314 g/mol. The molecular formula is C15H23ClN2O3. The maximum atomic E-state index is 12.0. The Kier molecular flexibility index (Phi) is 7.32. The number of nitrogens with one attached hydrogen (secondary N) is 2. The Morgan fingerprint density at radius 2 is 2.24 bits per heavy atom. The number of hydrogen-bond acceptors (Lipinski definition) is 4. The lowest BCUT2D eigenvalue weighted by molar-refractivity contribution is -0.116. The molecule has 1 aliphatic heterocycles. The van der Waals surface area contributed by atoms with Crippen LogP contribution >= 0.6 is 12.4 Å². The average molecular weight is 315 g/mol. The fourth-order valence-electron chi connectivity index (χ4n) is 2.39. The molecular weight excluding hydrogens is 292 g/mol. The Bertz CT molecular complexity index is 462. The van der Waals surface area contributed by atoms with Gasteiger partial charge in [-0.25, -0.2) is 0 Å². The average Bonchev–Trinajstić information content (AvgIpc) is 2.93. The molecule has 1 unspecified atom stereocenters. The minimum atomic E-state index is 0. The van der Waals surface area contributed by atoms with Gasteiger partial charge < -0.3 is 20.1 Å². The lowest BCUT2D eigenvalue weighted by Crippen LogP contribution is -2.27. The molecule has 1 aromatic rings. The van der Waals surface area contributed by atoms with Crippen molar-refractivity contribution in [3.8, 4) is 11.5 Å². The summed E-state index contributed by atoms with van der Waals surface area (Å²) in [5.41, 5.74) is 0.730. The molecule has 0 aromatic heterocycles. The standard InChI is InChI=1S/C15H22N2O3.ClH/c1-3-20-13-7-6-12(9-14(13)19-2)17-15(18)10-11-5-4-8-16-11;/h6-7,9,11,16H,3-5,8,10H2,1-2H3,(H,17,18);1H. The molecule has 0 bridgehead atoms. The highest BCUT2D eigenvalue weighted by Gasteiger charge is 2.17. The number of amides is 1. The summed E-state index contributed by atoms with van der Waals surface area (Å²) in [5, 5.41) is 6.21. The predicted octanol–water partition coefficient (Wildman–Crippen LogP) is 2.60. The van der Waals surface area contributed by atoms with E-state index >= 15 is 0 Å². The van der Waals surface area contributed by atoms with E-state index in [1.807, 2.05) is 19.1 Å². The molecule has 1 fully saturated rings. The van der Waals surface area contributed by atoms with Gasteiger partial charge in [-0.1, -0.05) is 0 Å². The Morgan fingerprint density at radius 3 is 2.86 bits per heavy atom. The molecule has 21 heavy (non-hydrogen) atoms. The summed E-state index contributed by atoms with van der Waals surface area (Å²) < 4.78 is 10.7.